The van der Waals surface area contributed by atoms with Gasteiger partial charge in [-0.3, -0.25) is 0 Å². The number of rotatable bonds is 4. The summed E-state index contributed by atoms with van der Waals surface area (Å²) >= 11 is 3.52. The molecule has 0 radical (unpaired) electrons. The standard InChI is InChI=1S/C16H24BrNO/c1-3-12-6-4-5-7-15(12)19-16-10-13(17)8-9-14(16)11(2)18/h8-12,15H,3-7,18H2,1-2H3/t11-,12?,15?/m1/s1. The second kappa shape index (κ2) is 6.76. The van der Waals surface area contributed by atoms with Crippen LogP contribution in [0.5, 0.6) is 5.75 Å². The predicted molar refractivity (Wildman–Crippen MR) is 83.4 cm³/mol. The lowest BCUT2D eigenvalue weighted by Gasteiger charge is -2.32. The summed E-state index contributed by atoms with van der Waals surface area (Å²) < 4.78 is 7.37. The first-order valence-electron chi connectivity index (χ1n) is 7.33. The van der Waals surface area contributed by atoms with E-state index in [0.717, 1.165) is 15.8 Å². The van der Waals surface area contributed by atoms with Crippen molar-refractivity contribution in [2.24, 2.45) is 11.7 Å². The molecule has 1 aliphatic carbocycles. The monoisotopic (exact) mass is 325 g/mol. The fourth-order valence-electron chi connectivity index (χ4n) is 2.95. The Morgan fingerprint density at radius 2 is 2.11 bits per heavy atom. The van der Waals surface area contributed by atoms with Crippen molar-refractivity contribution in [3.8, 4) is 5.75 Å². The van der Waals surface area contributed by atoms with Crippen molar-refractivity contribution in [3.05, 3.63) is 28.2 Å². The van der Waals surface area contributed by atoms with E-state index in [0.29, 0.717) is 12.0 Å². The molecular weight excluding hydrogens is 302 g/mol. The SMILES string of the molecule is CCC1CCCCC1Oc1cc(Br)ccc1[C@@H](C)N. The average molecular weight is 326 g/mol. The zero-order valence-corrected chi connectivity index (χ0v) is 13.4. The maximum absolute atomic E-state index is 6.32. The zero-order chi connectivity index (χ0) is 13.8. The maximum Gasteiger partial charge on any atom is 0.125 e. The van der Waals surface area contributed by atoms with E-state index >= 15 is 0 Å². The van der Waals surface area contributed by atoms with Gasteiger partial charge in [0.15, 0.2) is 0 Å². The molecule has 2 unspecified atom stereocenters. The third kappa shape index (κ3) is 3.73. The van der Waals surface area contributed by atoms with Gasteiger partial charge in [0.1, 0.15) is 11.9 Å². The van der Waals surface area contributed by atoms with Gasteiger partial charge in [-0.2, -0.15) is 0 Å². The molecule has 0 bridgehead atoms. The highest BCUT2D eigenvalue weighted by atomic mass is 79.9. The molecule has 1 fully saturated rings. The number of ether oxygens (including phenoxy) is 1. The van der Waals surface area contributed by atoms with E-state index in [2.05, 4.69) is 35.0 Å². The van der Waals surface area contributed by atoms with E-state index in [1.807, 2.05) is 13.0 Å². The summed E-state index contributed by atoms with van der Waals surface area (Å²) in [5.74, 6) is 1.64. The highest BCUT2D eigenvalue weighted by molar-refractivity contribution is 9.10. The number of benzene rings is 1. The summed E-state index contributed by atoms with van der Waals surface area (Å²) in [7, 11) is 0. The maximum atomic E-state index is 6.32. The topological polar surface area (TPSA) is 35.2 Å². The van der Waals surface area contributed by atoms with E-state index in [-0.39, 0.29) is 6.04 Å². The van der Waals surface area contributed by atoms with E-state index in [1.165, 1.54) is 32.1 Å². The van der Waals surface area contributed by atoms with Crippen LogP contribution in [0.3, 0.4) is 0 Å². The van der Waals surface area contributed by atoms with Crippen LogP contribution in [0.2, 0.25) is 0 Å². The first-order valence-corrected chi connectivity index (χ1v) is 8.12. The van der Waals surface area contributed by atoms with E-state index < -0.39 is 0 Å². The van der Waals surface area contributed by atoms with Gasteiger partial charge >= 0.3 is 0 Å². The molecule has 0 aromatic heterocycles. The molecule has 0 saturated heterocycles. The molecule has 2 nitrogen and oxygen atoms in total. The van der Waals surface area contributed by atoms with Crippen LogP contribution in [-0.4, -0.2) is 6.10 Å². The third-order valence-electron chi connectivity index (χ3n) is 4.11. The van der Waals surface area contributed by atoms with Crippen molar-refractivity contribution >= 4 is 15.9 Å². The summed E-state index contributed by atoms with van der Waals surface area (Å²) in [6.07, 6.45) is 6.64. The molecule has 1 aromatic rings. The van der Waals surface area contributed by atoms with Crippen LogP contribution in [0.15, 0.2) is 22.7 Å². The first-order chi connectivity index (χ1) is 9.11. The zero-order valence-electron chi connectivity index (χ0n) is 11.9. The molecular formula is C16H24BrNO. The molecule has 1 aliphatic rings. The Kier molecular flexibility index (Phi) is 5.28. The van der Waals surface area contributed by atoms with E-state index in [1.54, 1.807) is 0 Å². The Morgan fingerprint density at radius 3 is 2.79 bits per heavy atom. The lowest BCUT2D eigenvalue weighted by molar-refractivity contribution is 0.0890. The Bertz CT molecular complexity index is 419. The fraction of sp³-hybridized carbons (Fsp3) is 0.625. The smallest absolute Gasteiger partial charge is 0.125 e. The third-order valence-corrected chi connectivity index (χ3v) is 4.60. The molecule has 0 amide bonds. The van der Waals surface area contributed by atoms with Gasteiger partial charge in [0, 0.05) is 16.1 Å². The van der Waals surface area contributed by atoms with Gasteiger partial charge in [0.05, 0.1) is 0 Å². The van der Waals surface area contributed by atoms with Crippen molar-refractivity contribution < 1.29 is 4.74 Å². The second-order valence-electron chi connectivity index (χ2n) is 5.58. The van der Waals surface area contributed by atoms with E-state index in [9.17, 15) is 0 Å². The van der Waals surface area contributed by atoms with Gasteiger partial charge in [-0.05, 0) is 50.7 Å². The average Bonchev–Trinajstić information content (AvgIpc) is 2.39. The van der Waals surface area contributed by atoms with Crippen molar-refractivity contribution in [1.29, 1.82) is 0 Å². The Morgan fingerprint density at radius 1 is 1.37 bits per heavy atom. The number of hydrogen-bond donors (Lipinski definition) is 1. The number of hydrogen-bond acceptors (Lipinski definition) is 2. The quantitative estimate of drug-likeness (QED) is 0.861. The van der Waals surface area contributed by atoms with Crippen molar-refractivity contribution in [2.45, 2.75) is 58.1 Å². The fourth-order valence-corrected chi connectivity index (χ4v) is 3.29. The molecule has 0 heterocycles. The molecule has 2 N–H and O–H groups in total. The van der Waals surface area contributed by atoms with Crippen LogP contribution in [0, 0.1) is 5.92 Å². The highest BCUT2D eigenvalue weighted by Gasteiger charge is 2.26. The highest BCUT2D eigenvalue weighted by Crippen LogP contribution is 2.34. The van der Waals surface area contributed by atoms with E-state index in [4.69, 9.17) is 10.5 Å². The van der Waals surface area contributed by atoms with Gasteiger partial charge in [-0.1, -0.05) is 35.3 Å². The summed E-state index contributed by atoms with van der Waals surface area (Å²) in [6.45, 7) is 4.27. The van der Waals surface area contributed by atoms with Gasteiger partial charge in [0.25, 0.3) is 0 Å². The predicted octanol–water partition coefficient (Wildman–Crippen LogP) is 4.82. The number of nitrogens with two attached hydrogens (primary N) is 1. The number of halogens is 1. The van der Waals surface area contributed by atoms with Crippen LogP contribution in [0.25, 0.3) is 0 Å². The van der Waals surface area contributed by atoms with Gasteiger partial charge in [0.2, 0.25) is 0 Å². The van der Waals surface area contributed by atoms with Crippen LogP contribution in [-0.2, 0) is 0 Å². The van der Waals surface area contributed by atoms with Gasteiger partial charge < -0.3 is 10.5 Å². The summed E-state index contributed by atoms with van der Waals surface area (Å²) in [4.78, 5) is 0. The van der Waals surface area contributed by atoms with Gasteiger partial charge in [-0.15, -0.1) is 0 Å². The molecule has 0 spiro atoms. The van der Waals surface area contributed by atoms with Crippen LogP contribution >= 0.6 is 15.9 Å². The largest absolute Gasteiger partial charge is 0.490 e. The molecule has 3 atom stereocenters. The minimum atomic E-state index is 0.00627. The Hall–Kier alpha value is -0.540. The van der Waals surface area contributed by atoms with Crippen LogP contribution in [0.4, 0.5) is 0 Å². The molecule has 3 heteroatoms. The Balaban J connectivity index is 2.19. The van der Waals surface area contributed by atoms with Crippen molar-refractivity contribution in [2.75, 3.05) is 0 Å². The molecule has 0 aliphatic heterocycles. The van der Waals surface area contributed by atoms with Crippen LogP contribution < -0.4 is 10.5 Å². The lowest BCUT2D eigenvalue weighted by Crippen LogP contribution is -2.30. The molecule has 106 valence electrons. The normalized spacial score (nSPS) is 25.1. The van der Waals surface area contributed by atoms with Gasteiger partial charge in [-0.25, -0.2) is 0 Å². The summed E-state index contributed by atoms with van der Waals surface area (Å²) in [6, 6.07) is 6.16. The summed E-state index contributed by atoms with van der Waals surface area (Å²) in [5.41, 5.74) is 7.14. The minimum Gasteiger partial charge on any atom is -0.490 e. The molecule has 19 heavy (non-hydrogen) atoms. The molecule has 1 aromatic carbocycles. The minimum absolute atomic E-state index is 0.00627. The second-order valence-corrected chi connectivity index (χ2v) is 6.50. The first kappa shape index (κ1) is 14.9. The summed E-state index contributed by atoms with van der Waals surface area (Å²) in [5, 5.41) is 0. The van der Waals surface area contributed by atoms with Crippen molar-refractivity contribution in [3.63, 3.8) is 0 Å². The van der Waals surface area contributed by atoms with Crippen LogP contribution in [0.1, 0.15) is 57.6 Å². The molecule has 2 rings (SSSR count). The molecule has 1 saturated carbocycles. The lowest BCUT2D eigenvalue weighted by atomic mass is 9.84. The van der Waals surface area contributed by atoms with Crippen molar-refractivity contribution in [1.82, 2.24) is 0 Å². The Labute approximate surface area is 124 Å².